The zero-order valence-corrected chi connectivity index (χ0v) is 22.9. The normalized spacial score (nSPS) is 15.7. The summed E-state index contributed by atoms with van der Waals surface area (Å²) in [7, 11) is -3.94. The van der Waals surface area contributed by atoms with Crippen molar-refractivity contribution in [3.05, 3.63) is 87.9 Å². The van der Waals surface area contributed by atoms with Crippen molar-refractivity contribution >= 4 is 39.1 Å². The predicted octanol–water partition coefficient (Wildman–Crippen LogP) is 4.26. The molecule has 1 amide bonds. The SMILES string of the molecule is O=C(CN(Cc1ccc(Cl)c(Cl)c1)S(=O)(=O)c1ccccc1)N1CCN(Cc2ccc3c(c2)OCO3)CC1. The molecule has 200 valence electrons. The molecule has 0 aliphatic carbocycles. The number of halogens is 2. The van der Waals surface area contributed by atoms with Crippen LogP contribution in [0.3, 0.4) is 0 Å². The Morgan fingerprint density at radius 3 is 2.29 bits per heavy atom. The fourth-order valence-electron chi connectivity index (χ4n) is 4.51. The van der Waals surface area contributed by atoms with Crippen molar-refractivity contribution in [2.24, 2.45) is 0 Å². The summed E-state index contributed by atoms with van der Waals surface area (Å²) in [5.41, 5.74) is 1.75. The lowest BCUT2D eigenvalue weighted by atomic mass is 10.1. The van der Waals surface area contributed by atoms with Crippen LogP contribution in [0, 0.1) is 0 Å². The first kappa shape index (κ1) is 26.8. The van der Waals surface area contributed by atoms with Gasteiger partial charge < -0.3 is 14.4 Å². The Hall–Kier alpha value is -2.82. The maximum Gasteiger partial charge on any atom is 0.243 e. The van der Waals surface area contributed by atoms with E-state index in [2.05, 4.69) is 4.90 Å². The second-order valence-electron chi connectivity index (χ2n) is 9.18. The molecule has 2 aliphatic rings. The maximum absolute atomic E-state index is 13.5. The summed E-state index contributed by atoms with van der Waals surface area (Å²) >= 11 is 12.2. The molecular weight excluding hydrogens is 549 g/mol. The van der Waals surface area contributed by atoms with Crippen molar-refractivity contribution in [1.82, 2.24) is 14.1 Å². The summed E-state index contributed by atoms with van der Waals surface area (Å²) in [6, 6.07) is 19.0. The molecule has 3 aromatic rings. The van der Waals surface area contributed by atoms with E-state index < -0.39 is 10.0 Å². The third-order valence-corrected chi connectivity index (χ3v) is 9.15. The maximum atomic E-state index is 13.5. The first-order valence-electron chi connectivity index (χ1n) is 12.2. The summed E-state index contributed by atoms with van der Waals surface area (Å²) in [4.78, 5) is 17.4. The van der Waals surface area contributed by atoms with Gasteiger partial charge in [-0.15, -0.1) is 0 Å². The van der Waals surface area contributed by atoms with Gasteiger partial charge >= 0.3 is 0 Å². The Balaban J connectivity index is 1.25. The lowest BCUT2D eigenvalue weighted by Crippen LogP contribution is -2.51. The van der Waals surface area contributed by atoms with Gasteiger partial charge in [-0.05, 0) is 47.5 Å². The number of piperazine rings is 1. The summed E-state index contributed by atoms with van der Waals surface area (Å²) in [6.07, 6.45) is 0. The quantitative estimate of drug-likeness (QED) is 0.399. The Kier molecular flexibility index (Phi) is 8.11. The van der Waals surface area contributed by atoms with Gasteiger partial charge in [-0.2, -0.15) is 4.31 Å². The lowest BCUT2D eigenvalue weighted by Gasteiger charge is -2.35. The Morgan fingerprint density at radius 1 is 0.842 bits per heavy atom. The smallest absolute Gasteiger partial charge is 0.243 e. The molecule has 2 heterocycles. The monoisotopic (exact) mass is 575 g/mol. The summed E-state index contributed by atoms with van der Waals surface area (Å²) in [5, 5.41) is 0.703. The fourth-order valence-corrected chi connectivity index (χ4v) is 6.23. The summed E-state index contributed by atoms with van der Waals surface area (Å²) < 4.78 is 39.1. The number of rotatable bonds is 8. The van der Waals surface area contributed by atoms with Crippen LogP contribution in [0.25, 0.3) is 0 Å². The second kappa shape index (κ2) is 11.5. The number of hydrogen-bond donors (Lipinski definition) is 0. The number of carbonyl (C=O) groups is 1. The Labute approximate surface area is 232 Å². The average molecular weight is 577 g/mol. The van der Waals surface area contributed by atoms with Crippen LogP contribution >= 0.6 is 23.2 Å². The third-order valence-electron chi connectivity index (χ3n) is 6.60. The van der Waals surface area contributed by atoms with Gasteiger partial charge in [-0.1, -0.05) is 53.5 Å². The van der Waals surface area contributed by atoms with E-state index in [1.54, 1.807) is 41.3 Å². The van der Waals surface area contributed by atoms with Crippen LogP contribution < -0.4 is 9.47 Å². The van der Waals surface area contributed by atoms with E-state index in [1.165, 1.54) is 16.4 Å². The molecule has 0 aromatic heterocycles. The molecule has 0 spiro atoms. The highest BCUT2D eigenvalue weighted by Gasteiger charge is 2.30. The number of carbonyl (C=O) groups excluding carboxylic acids is 1. The van der Waals surface area contributed by atoms with Crippen LogP contribution in [0.1, 0.15) is 11.1 Å². The van der Waals surface area contributed by atoms with Crippen LogP contribution in [0.15, 0.2) is 71.6 Å². The molecule has 11 heteroatoms. The first-order valence-corrected chi connectivity index (χ1v) is 14.4. The van der Waals surface area contributed by atoms with Crippen molar-refractivity contribution in [3.8, 4) is 11.5 Å². The van der Waals surface area contributed by atoms with E-state index >= 15 is 0 Å². The second-order valence-corrected chi connectivity index (χ2v) is 11.9. The summed E-state index contributed by atoms with van der Waals surface area (Å²) in [6.45, 7) is 3.05. The molecule has 3 aromatic carbocycles. The van der Waals surface area contributed by atoms with Crippen molar-refractivity contribution in [2.45, 2.75) is 18.0 Å². The number of fused-ring (bicyclic) bond motifs is 1. The largest absolute Gasteiger partial charge is 0.454 e. The van der Waals surface area contributed by atoms with E-state index in [9.17, 15) is 13.2 Å². The van der Waals surface area contributed by atoms with E-state index in [-0.39, 0.29) is 30.7 Å². The molecule has 0 atom stereocenters. The van der Waals surface area contributed by atoms with Gasteiger partial charge in [0.1, 0.15) is 0 Å². The Morgan fingerprint density at radius 2 is 1.55 bits per heavy atom. The minimum Gasteiger partial charge on any atom is -0.454 e. The number of ether oxygens (including phenoxy) is 2. The van der Waals surface area contributed by atoms with Gasteiger partial charge in [0.2, 0.25) is 22.7 Å². The lowest BCUT2D eigenvalue weighted by molar-refractivity contribution is -0.133. The molecule has 1 saturated heterocycles. The molecule has 0 unspecified atom stereocenters. The highest BCUT2D eigenvalue weighted by molar-refractivity contribution is 7.89. The van der Waals surface area contributed by atoms with Crippen LogP contribution in [0.5, 0.6) is 11.5 Å². The Bertz CT molecular complexity index is 1410. The molecule has 8 nitrogen and oxygen atoms in total. The topological polar surface area (TPSA) is 79.4 Å². The van der Waals surface area contributed by atoms with Crippen molar-refractivity contribution in [2.75, 3.05) is 39.5 Å². The van der Waals surface area contributed by atoms with Gasteiger partial charge in [0.05, 0.1) is 21.5 Å². The molecule has 38 heavy (non-hydrogen) atoms. The fraction of sp³-hybridized carbons (Fsp3) is 0.296. The van der Waals surface area contributed by atoms with E-state index in [0.717, 1.165) is 23.6 Å². The molecule has 1 fully saturated rings. The minimum absolute atomic E-state index is 0.00998. The van der Waals surface area contributed by atoms with Gasteiger partial charge in [-0.3, -0.25) is 9.69 Å². The summed E-state index contributed by atoms with van der Waals surface area (Å²) in [5.74, 6) is 1.25. The van der Waals surface area contributed by atoms with Gasteiger partial charge in [0.25, 0.3) is 0 Å². The van der Waals surface area contributed by atoms with Gasteiger partial charge in [-0.25, -0.2) is 8.42 Å². The standard InChI is InChI=1S/C27H27Cl2N3O5S/c28-23-8-6-20(14-24(23)29)17-32(38(34,35)22-4-2-1-3-5-22)18-27(33)31-12-10-30(11-13-31)16-21-7-9-25-26(15-21)37-19-36-25/h1-9,14-15H,10-13,16-19H2. The number of benzene rings is 3. The molecule has 5 rings (SSSR count). The van der Waals surface area contributed by atoms with Crippen LogP contribution in [0.2, 0.25) is 10.0 Å². The first-order chi connectivity index (χ1) is 18.3. The highest BCUT2D eigenvalue weighted by Crippen LogP contribution is 2.33. The van der Waals surface area contributed by atoms with E-state index in [0.29, 0.717) is 41.8 Å². The molecular formula is C27H27Cl2N3O5S. The number of amides is 1. The van der Waals surface area contributed by atoms with E-state index in [1.807, 2.05) is 18.2 Å². The van der Waals surface area contributed by atoms with Crippen LogP contribution in [0.4, 0.5) is 0 Å². The zero-order valence-electron chi connectivity index (χ0n) is 20.6. The zero-order chi connectivity index (χ0) is 26.7. The number of sulfonamides is 1. The highest BCUT2D eigenvalue weighted by atomic mass is 35.5. The van der Waals surface area contributed by atoms with Crippen molar-refractivity contribution < 1.29 is 22.7 Å². The van der Waals surface area contributed by atoms with Gasteiger partial charge in [0.15, 0.2) is 11.5 Å². The van der Waals surface area contributed by atoms with Crippen LogP contribution in [-0.4, -0.2) is 67.9 Å². The molecule has 0 radical (unpaired) electrons. The number of nitrogens with zero attached hydrogens (tertiary/aromatic N) is 3. The van der Waals surface area contributed by atoms with Crippen molar-refractivity contribution in [1.29, 1.82) is 0 Å². The van der Waals surface area contributed by atoms with Crippen molar-refractivity contribution in [3.63, 3.8) is 0 Å². The number of hydrogen-bond acceptors (Lipinski definition) is 6. The predicted molar refractivity (Wildman–Crippen MR) is 145 cm³/mol. The van der Waals surface area contributed by atoms with Gasteiger partial charge in [0, 0.05) is 39.3 Å². The molecule has 2 aliphatic heterocycles. The van der Waals surface area contributed by atoms with E-state index in [4.69, 9.17) is 32.7 Å². The molecule has 0 bridgehead atoms. The molecule has 0 saturated carbocycles. The minimum atomic E-state index is -3.94. The molecule has 0 N–H and O–H groups in total. The third kappa shape index (κ3) is 6.08. The average Bonchev–Trinajstić information content (AvgIpc) is 3.39. The van der Waals surface area contributed by atoms with Crippen LogP contribution in [-0.2, 0) is 27.9 Å².